The summed E-state index contributed by atoms with van der Waals surface area (Å²) in [7, 11) is 0. The van der Waals surface area contributed by atoms with Crippen LogP contribution in [0.5, 0.6) is 11.8 Å². The van der Waals surface area contributed by atoms with E-state index in [1.165, 1.54) is 30.5 Å². The third-order valence-corrected chi connectivity index (χ3v) is 10.7. The lowest BCUT2D eigenvalue weighted by Gasteiger charge is -2.35. The van der Waals surface area contributed by atoms with Gasteiger partial charge in [0, 0.05) is 44.2 Å². The van der Waals surface area contributed by atoms with Crippen LogP contribution >= 0.6 is 0 Å². The van der Waals surface area contributed by atoms with Crippen LogP contribution in [-0.2, 0) is 6.42 Å². The zero-order valence-electron chi connectivity index (χ0n) is 25.4. The van der Waals surface area contributed by atoms with Crippen molar-refractivity contribution in [3.63, 3.8) is 0 Å². The summed E-state index contributed by atoms with van der Waals surface area (Å²) in [5.74, 6) is -3.96. The first-order chi connectivity index (χ1) is 22.0. The van der Waals surface area contributed by atoms with Crippen LogP contribution in [-0.4, -0.2) is 75.4 Å². The predicted molar refractivity (Wildman–Crippen MR) is 163 cm³/mol. The predicted octanol–water partition coefficient (Wildman–Crippen LogP) is 6.97. The molecule has 2 aromatic carbocycles. The number of anilines is 1. The number of alkyl halides is 3. The molecule has 0 radical (unpaired) electrons. The summed E-state index contributed by atoms with van der Waals surface area (Å²) in [4.78, 5) is 17.4. The number of nitrogens with zero attached hydrogens (tertiary/aromatic N) is 5. The van der Waals surface area contributed by atoms with E-state index in [4.69, 9.17) is 4.74 Å². The quantitative estimate of drug-likeness (QED) is 0.229. The van der Waals surface area contributed by atoms with E-state index in [-0.39, 0.29) is 59.3 Å². The molecule has 7 nitrogen and oxygen atoms in total. The van der Waals surface area contributed by atoms with Gasteiger partial charge in [0.25, 0.3) is 5.92 Å². The van der Waals surface area contributed by atoms with Gasteiger partial charge in [0.15, 0.2) is 5.82 Å². The highest BCUT2D eigenvalue weighted by molar-refractivity contribution is 6.01. The van der Waals surface area contributed by atoms with Crippen LogP contribution in [0.1, 0.15) is 51.0 Å². The van der Waals surface area contributed by atoms with Gasteiger partial charge in [-0.15, -0.1) is 0 Å². The summed E-state index contributed by atoms with van der Waals surface area (Å²) < 4.78 is 81.4. The molecule has 5 heterocycles. The average Bonchev–Trinajstić information content (AvgIpc) is 3.26. The van der Waals surface area contributed by atoms with Crippen molar-refractivity contribution in [2.24, 2.45) is 5.41 Å². The number of aromatic hydroxyl groups is 1. The van der Waals surface area contributed by atoms with Crippen molar-refractivity contribution in [3.05, 3.63) is 47.7 Å². The molecule has 8 rings (SSSR count). The smallest absolute Gasteiger partial charge is 0.319 e. The van der Waals surface area contributed by atoms with Crippen LogP contribution in [0.25, 0.3) is 32.9 Å². The molecule has 1 spiro atoms. The Bertz CT molecular complexity index is 1890. The van der Waals surface area contributed by atoms with Crippen molar-refractivity contribution in [1.82, 2.24) is 19.9 Å². The number of rotatable bonds is 6. The molecule has 2 unspecified atom stereocenters. The van der Waals surface area contributed by atoms with Gasteiger partial charge in [-0.05, 0) is 73.2 Å². The fourth-order valence-electron chi connectivity index (χ4n) is 8.33. The van der Waals surface area contributed by atoms with Gasteiger partial charge in [-0.25, -0.2) is 22.0 Å². The van der Waals surface area contributed by atoms with E-state index >= 15 is 4.39 Å². The van der Waals surface area contributed by atoms with Crippen molar-refractivity contribution in [2.45, 2.75) is 69.5 Å². The van der Waals surface area contributed by atoms with Crippen molar-refractivity contribution in [2.75, 3.05) is 37.7 Å². The number of aryl methyl sites for hydroxylation is 1. The van der Waals surface area contributed by atoms with E-state index in [0.717, 1.165) is 19.4 Å². The molecule has 3 saturated heterocycles. The van der Waals surface area contributed by atoms with E-state index in [9.17, 15) is 22.7 Å². The number of phenolic OH excluding ortho intramolecular Hbond substituents is 1. The van der Waals surface area contributed by atoms with Gasteiger partial charge in [-0.3, -0.25) is 9.88 Å². The Balaban J connectivity index is 1.27. The van der Waals surface area contributed by atoms with Crippen molar-refractivity contribution < 1.29 is 31.8 Å². The monoisotopic (exact) mass is 639 g/mol. The van der Waals surface area contributed by atoms with Crippen LogP contribution in [0.15, 0.2) is 30.5 Å². The minimum atomic E-state index is -2.77. The molecule has 1 saturated carbocycles. The lowest BCUT2D eigenvalue weighted by Crippen LogP contribution is -2.43. The largest absolute Gasteiger partial charge is 0.508 e. The number of hydrogen-bond donors (Lipinski definition) is 1. The van der Waals surface area contributed by atoms with Gasteiger partial charge in [0.05, 0.1) is 16.3 Å². The molecule has 3 aliphatic heterocycles. The molecule has 4 aliphatic rings. The standard InChI is InChI=1S/C34H34F5N5O2/c1-2-22-25(36)6-5-19-11-21(45)12-23(26(19)22)28-27(37)29-24(14-40-28)30(43-9-3-7-32(17-43)16-34(32,38)39)42-31(41-29)46-18-33-8-4-10-44(33)15-20(35)13-33/h5-6,11-12,14,20,45H,2-4,7-10,13,15-18H2,1H3/t20-,32?,33?/m1/s1. The molecule has 46 heavy (non-hydrogen) atoms. The van der Waals surface area contributed by atoms with Crippen LogP contribution in [0.4, 0.5) is 27.8 Å². The summed E-state index contributed by atoms with van der Waals surface area (Å²) in [6, 6.07) is 5.54. The Morgan fingerprint density at radius 2 is 1.89 bits per heavy atom. The average molecular weight is 640 g/mol. The highest BCUT2D eigenvalue weighted by atomic mass is 19.3. The molecule has 1 N–H and O–H groups in total. The number of halogens is 5. The van der Waals surface area contributed by atoms with Crippen LogP contribution in [0.3, 0.4) is 0 Å². The number of piperidine rings is 1. The first-order valence-electron chi connectivity index (χ1n) is 16.0. The third kappa shape index (κ3) is 4.50. The number of aromatic nitrogens is 3. The van der Waals surface area contributed by atoms with Crippen molar-refractivity contribution in [3.8, 4) is 23.0 Å². The molecular formula is C34H34F5N5O2. The molecule has 0 amide bonds. The van der Waals surface area contributed by atoms with E-state index in [1.807, 2.05) is 0 Å². The van der Waals surface area contributed by atoms with Gasteiger partial charge >= 0.3 is 6.01 Å². The molecule has 1 aliphatic carbocycles. The number of fused-ring (bicyclic) bond motifs is 3. The number of pyridine rings is 1. The van der Waals surface area contributed by atoms with Gasteiger partial charge < -0.3 is 14.7 Å². The lowest BCUT2D eigenvalue weighted by atomic mass is 9.93. The zero-order chi connectivity index (χ0) is 32.0. The topological polar surface area (TPSA) is 74.6 Å². The summed E-state index contributed by atoms with van der Waals surface area (Å²) >= 11 is 0. The molecule has 4 aromatic rings. The van der Waals surface area contributed by atoms with Crippen LogP contribution in [0, 0.1) is 17.0 Å². The number of phenols is 1. The second-order valence-corrected chi connectivity index (χ2v) is 13.5. The minimum absolute atomic E-state index is 0.0481. The molecule has 242 valence electrons. The maximum atomic E-state index is 16.8. The second-order valence-electron chi connectivity index (χ2n) is 13.5. The third-order valence-electron chi connectivity index (χ3n) is 10.7. The first-order valence-corrected chi connectivity index (χ1v) is 16.0. The van der Waals surface area contributed by atoms with Crippen molar-refractivity contribution in [1.29, 1.82) is 0 Å². The molecule has 0 bridgehead atoms. The maximum Gasteiger partial charge on any atom is 0.319 e. The van der Waals surface area contributed by atoms with E-state index < -0.39 is 34.7 Å². The van der Waals surface area contributed by atoms with Gasteiger partial charge in [-0.1, -0.05) is 13.0 Å². The summed E-state index contributed by atoms with van der Waals surface area (Å²) in [5, 5.41) is 11.7. The highest BCUT2D eigenvalue weighted by Gasteiger charge is 2.71. The van der Waals surface area contributed by atoms with E-state index in [2.05, 4.69) is 19.9 Å². The number of ether oxygens (including phenoxy) is 1. The number of hydrogen-bond acceptors (Lipinski definition) is 7. The molecular weight excluding hydrogens is 605 g/mol. The summed E-state index contributed by atoms with van der Waals surface area (Å²) in [5.41, 5.74) is -1.39. The van der Waals surface area contributed by atoms with E-state index in [1.54, 1.807) is 11.8 Å². The maximum absolute atomic E-state index is 16.8. The first kappa shape index (κ1) is 29.6. The number of benzene rings is 2. The summed E-state index contributed by atoms with van der Waals surface area (Å²) in [6.45, 7) is 3.48. The fourth-order valence-corrected chi connectivity index (χ4v) is 8.33. The lowest BCUT2D eigenvalue weighted by molar-refractivity contribution is 0.0574. The zero-order valence-corrected chi connectivity index (χ0v) is 25.4. The summed E-state index contributed by atoms with van der Waals surface area (Å²) in [6.07, 6.45) is 3.44. The molecule has 2 aromatic heterocycles. The van der Waals surface area contributed by atoms with Crippen LogP contribution < -0.4 is 9.64 Å². The Kier molecular flexibility index (Phi) is 6.66. The Hall–Kier alpha value is -3.80. The van der Waals surface area contributed by atoms with Gasteiger partial charge in [-0.2, -0.15) is 9.97 Å². The molecule has 12 heteroatoms. The van der Waals surface area contributed by atoms with Crippen molar-refractivity contribution >= 4 is 27.5 Å². The normalized spacial score (nSPS) is 27.2. The van der Waals surface area contributed by atoms with Gasteiger partial charge in [0.1, 0.15) is 41.4 Å². The van der Waals surface area contributed by atoms with Crippen LogP contribution in [0.2, 0.25) is 0 Å². The second kappa shape index (κ2) is 10.4. The molecule has 4 fully saturated rings. The SMILES string of the molecule is CCc1c(F)ccc2cc(O)cc(-c3ncc4c(N5CCCC6(C5)CC6(F)F)nc(OCC56CCCN5C[C@H](F)C6)nc4c3F)c12. The Morgan fingerprint density at radius 3 is 2.67 bits per heavy atom. The van der Waals surface area contributed by atoms with Gasteiger partial charge in [0.2, 0.25) is 0 Å². The molecule has 3 atom stereocenters. The van der Waals surface area contributed by atoms with E-state index in [0.29, 0.717) is 55.1 Å². The fraction of sp³-hybridized carbons (Fsp3) is 0.500. The highest BCUT2D eigenvalue weighted by Crippen LogP contribution is 2.64. The minimum Gasteiger partial charge on any atom is -0.508 e. The Morgan fingerprint density at radius 1 is 1.09 bits per heavy atom. The Labute approximate surface area is 262 Å².